The Balaban J connectivity index is 0.000000198. The molecule has 0 spiro atoms. The second-order valence-corrected chi connectivity index (χ2v) is 5.99. The average molecular weight is 326 g/mol. The van der Waals surface area contributed by atoms with Gasteiger partial charge in [0, 0.05) is 12.2 Å². The summed E-state index contributed by atoms with van der Waals surface area (Å²) >= 11 is 0. The normalized spacial score (nSPS) is 16.3. The fourth-order valence-corrected chi connectivity index (χ4v) is 2.71. The summed E-state index contributed by atoms with van der Waals surface area (Å²) in [5.74, 6) is -0.139. The molecular weight excluding hydrogens is 300 g/mol. The fraction of sp³-hybridized carbons (Fsp3) is 0.381. The van der Waals surface area contributed by atoms with Crippen LogP contribution >= 0.6 is 0 Å². The van der Waals surface area contributed by atoms with Gasteiger partial charge in [-0.1, -0.05) is 62.2 Å². The van der Waals surface area contributed by atoms with E-state index in [9.17, 15) is 9.90 Å². The van der Waals surface area contributed by atoms with Crippen LogP contribution in [0.2, 0.25) is 0 Å². The predicted octanol–water partition coefficient (Wildman–Crippen LogP) is 4.98. The number of hydrogen-bond donors (Lipinski definition) is 1. The Bertz CT molecular complexity index is 616. The number of phenols is 1. The van der Waals surface area contributed by atoms with Gasteiger partial charge >= 0.3 is 0 Å². The number of ketones is 1. The summed E-state index contributed by atoms with van der Waals surface area (Å²) in [7, 11) is 0. The highest BCUT2D eigenvalue weighted by atomic mass is 16.5. The van der Waals surface area contributed by atoms with E-state index in [1.54, 1.807) is 42.5 Å². The molecule has 1 fully saturated rings. The molecule has 1 heterocycles. The lowest BCUT2D eigenvalue weighted by atomic mass is 10.0. The number of unbranched alkanes of at least 4 members (excludes halogenated alkanes) is 1. The third-order valence-corrected chi connectivity index (χ3v) is 4.09. The van der Waals surface area contributed by atoms with E-state index >= 15 is 0 Å². The van der Waals surface area contributed by atoms with Crippen molar-refractivity contribution in [2.45, 2.75) is 45.1 Å². The molecule has 1 atom stereocenters. The predicted molar refractivity (Wildman–Crippen MR) is 96.5 cm³/mol. The van der Waals surface area contributed by atoms with E-state index in [4.69, 9.17) is 4.74 Å². The first-order valence-corrected chi connectivity index (χ1v) is 8.71. The number of carbonyl (C=O) groups excluding carboxylic acids is 1. The van der Waals surface area contributed by atoms with Crippen LogP contribution in [0.15, 0.2) is 54.6 Å². The quantitative estimate of drug-likeness (QED) is 0.788. The highest BCUT2D eigenvalue weighted by Crippen LogP contribution is 2.19. The van der Waals surface area contributed by atoms with Crippen molar-refractivity contribution in [3.63, 3.8) is 0 Å². The van der Waals surface area contributed by atoms with Gasteiger partial charge < -0.3 is 9.84 Å². The summed E-state index contributed by atoms with van der Waals surface area (Å²) in [6, 6.07) is 15.5. The number of para-hydroxylation sites is 1. The van der Waals surface area contributed by atoms with Crippen LogP contribution in [-0.2, 0) is 4.74 Å². The summed E-state index contributed by atoms with van der Waals surface area (Å²) in [5, 5.41) is 9.52. The minimum Gasteiger partial charge on any atom is -0.507 e. The van der Waals surface area contributed by atoms with Crippen LogP contribution in [0.4, 0.5) is 0 Å². The van der Waals surface area contributed by atoms with Crippen LogP contribution in [0.1, 0.15) is 54.9 Å². The molecule has 3 nitrogen and oxygen atoms in total. The zero-order valence-electron chi connectivity index (χ0n) is 14.3. The maximum Gasteiger partial charge on any atom is 0.196 e. The molecule has 2 aromatic carbocycles. The van der Waals surface area contributed by atoms with Crippen molar-refractivity contribution in [2.75, 3.05) is 6.61 Å². The second kappa shape index (κ2) is 9.89. The molecule has 0 radical (unpaired) electrons. The van der Waals surface area contributed by atoms with Crippen LogP contribution in [0.3, 0.4) is 0 Å². The van der Waals surface area contributed by atoms with Gasteiger partial charge in [-0.2, -0.15) is 0 Å². The topological polar surface area (TPSA) is 46.5 Å². The van der Waals surface area contributed by atoms with Crippen LogP contribution in [0, 0.1) is 0 Å². The van der Waals surface area contributed by atoms with Crippen LogP contribution in [0.5, 0.6) is 5.75 Å². The Labute approximate surface area is 144 Å². The number of hydrogen-bond acceptors (Lipinski definition) is 3. The molecule has 24 heavy (non-hydrogen) atoms. The standard InChI is InChI=1S/C13H10O2.C8H16O/c14-12-9-5-4-8-11(12)13(15)10-6-2-1-3-7-10;1-2-3-5-8-6-4-7-9-8/h1-9,14H;8H,2-7H2,1H3. The fourth-order valence-electron chi connectivity index (χ4n) is 2.71. The van der Waals surface area contributed by atoms with Crippen molar-refractivity contribution < 1.29 is 14.6 Å². The SMILES string of the molecule is CCCCC1CCCO1.O=C(c1ccccc1)c1ccccc1O. The zero-order valence-corrected chi connectivity index (χ0v) is 14.3. The molecule has 0 bridgehead atoms. The Morgan fingerprint density at radius 3 is 2.46 bits per heavy atom. The molecule has 1 unspecified atom stereocenters. The first kappa shape index (κ1) is 18.2. The summed E-state index contributed by atoms with van der Waals surface area (Å²) < 4.78 is 5.46. The molecule has 3 rings (SSSR count). The van der Waals surface area contributed by atoms with Crippen molar-refractivity contribution in [2.24, 2.45) is 0 Å². The highest BCUT2D eigenvalue weighted by Gasteiger charge is 2.13. The molecule has 1 aliphatic rings. The molecule has 2 aromatic rings. The van der Waals surface area contributed by atoms with Crippen LogP contribution < -0.4 is 0 Å². The number of benzene rings is 2. The number of aromatic hydroxyl groups is 1. The van der Waals surface area contributed by atoms with E-state index in [2.05, 4.69) is 6.92 Å². The van der Waals surface area contributed by atoms with E-state index in [1.807, 2.05) is 6.07 Å². The Hall–Kier alpha value is -2.13. The number of ether oxygens (including phenoxy) is 1. The summed E-state index contributed by atoms with van der Waals surface area (Å²) in [5.41, 5.74) is 0.919. The van der Waals surface area contributed by atoms with Gasteiger partial charge in [-0.3, -0.25) is 4.79 Å². The molecule has 0 saturated carbocycles. The highest BCUT2D eigenvalue weighted by molar-refractivity contribution is 6.10. The molecule has 0 amide bonds. The van der Waals surface area contributed by atoms with E-state index in [-0.39, 0.29) is 11.5 Å². The van der Waals surface area contributed by atoms with Crippen LogP contribution in [0.25, 0.3) is 0 Å². The lowest BCUT2D eigenvalue weighted by Crippen LogP contribution is -2.03. The van der Waals surface area contributed by atoms with Gasteiger partial charge in [0.05, 0.1) is 11.7 Å². The van der Waals surface area contributed by atoms with E-state index in [0.717, 1.165) is 6.61 Å². The van der Waals surface area contributed by atoms with E-state index in [1.165, 1.54) is 38.2 Å². The van der Waals surface area contributed by atoms with Crippen LogP contribution in [-0.4, -0.2) is 23.6 Å². The monoisotopic (exact) mass is 326 g/mol. The number of rotatable bonds is 5. The molecule has 1 saturated heterocycles. The maximum atomic E-state index is 11.9. The minimum atomic E-state index is -0.159. The molecule has 3 heteroatoms. The van der Waals surface area contributed by atoms with Gasteiger partial charge in [0.25, 0.3) is 0 Å². The molecular formula is C21H26O3. The molecule has 0 aliphatic carbocycles. The van der Waals surface area contributed by atoms with Gasteiger partial charge in [0.2, 0.25) is 0 Å². The van der Waals surface area contributed by atoms with E-state index in [0.29, 0.717) is 17.2 Å². The van der Waals surface area contributed by atoms with Gasteiger partial charge in [0.15, 0.2) is 5.78 Å². The first-order chi connectivity index (χ1) is 11.7. The van der Waals surface area contributed by atoms with Gasteiger partial charge in [-0.05, 0) is 31.4 Å². The number of phenolic OH excluding ortho intramolecular Hbond substituents is 1. The van der Waals surface area contributed by atoms with Crippen molar-refractivity contribution >= 4 is 5.78 Å². The number of carbonyl (C=O) groups is 1. The largest absolute Gasteiger partial charge is 0.507 e. The van der Waals surface area contributed by atoms with Gasteiger partial charge in [-0.25, -0.2) is 0 Å². The molecule has 1 aliphatic heterocycles. The minimum absolute atomic E-state index is 0.0198. The van der Waals surface area contributed by atoms with Crippen molar-refractivity contribution in [3.05, 3.63) is 65.7 Å². The smallest absolute Gasteiger partial charge is 0.196 e. The Kier molecular flexibility index (Phi) is 7.50. The zero-order chi connectivity index (χ0) is 17.2. The lowest BCUT2D eigenvalue weighted by Gasteiger charge is -2.06. The third kappa shape index (κ3) is 5.50. The summed E-state index contributed by atoms with van der Waals surface area (Å²) in [6.45, 7) is 3.24. The second-order valence-electron chi connectivity index (χ2n) is 5.99. The Morgan fingerprint density at radius 2 is 1.83 bits per heavy atom. The summed E-state index contributed by atoms with van der Waals surface area (Å²) in [6.07, 6.45) is 7.14. The van der Waals surface area contributed by atoms with Crippen molar-refractivity contribution in [1.82, 2.24) is 0 Å². The Morgan fingerprint density at radius 1 is 1.12 bits per heavy atom. The average Bonchev–Trinajstić information content (AvgIpc) is 3.15. The first-order valence-electron chi connectivity index (χ1n) is 8.71. The third-order valence-electron chi connectivity index (χ3n) is 4.09. The summed E-state index contributed by atoms with van der Waals surface area (Å²) in [4.78, 5) is 11.9. The molecule has 1 N–H and O–H groups in total. The molecule has 0 aromatic heterocycles. The maximum absolute atomic E-state index is 11.9. The van der Waals surface area contributed by atoms with E-state index < -0.39 is 0 Å². The molecule has 128 valence electrons. The van der Waals surface area contributed by atoms with Crippen molar-refractivity contribution in [3.8, 4) is 5.75 Å². The van der Waals surface area contributed by atoms with Gasteiger partial charge in [0.1, 0.15) is 5.75 Å². The van der Waals surface area contributed by atoms with Gasteiger partial charge in [-0.15, -0.1) is 0 Å². The van der Waals surface area contributed by atoms with Crippen molar-refractivity contribution in [1.29, 1.82) is 0 Å². The lowest BCUT2D eigenvalue weighted by molar-refractivity contribution is 0.102.